The van der Waals surface area contributed by atoms with E-state index in [4.69, 9.17) is 6.42 Å². The van der Waals surface area contributed by atoms with Crippen LogP contribution in [0.5, 0.6) is 0 Å². The SMILES string of the molecule is C#CCn1cnc2c(NC(C)Cc3ccccc3)nc(C#CC3(O)CCCC(C)C3)nc21. The number of fused-ring (bicyclic) bond motifs is 1. The first-order valence-electron chi connectivity index (χ1n) is 11.2. The molecule has 1 fully saturated rings. The number of aromatic nitrogens is 4. The molecule has 0 spiro atoms. The Kier molecular flexibility index (Phi) is 6.44. The van der Waals surface area contributed by atoms with E-state index < -0.39 is 5.60 Å². The van der Waals surface area contributed by atoms with Crippen LogP contribution in [0.15, 0.2) is 36.7 Å². The van der Waals surface area contributed by atoms with Crippen molar-refractivity contribution in [2.45, 2.75) is 64.1 Å². The van der Waals surface area contributed by atoms with Crippen molar-refractivity contribution in [2.24, 2.45) is 5.92 Å². The van der Waals surface area contributed by atoms with Crippen LogP contribution in [0, 0.1) is 30.1 Å². The third kappa shape index (κ3) is 5.10. The Balaban J connectivity index is 1.66. The largest absolute Gasteiger partial charge is 0.378 e. The maximum atomic E-state index is 10.9. The zero-order valence-corrected chi connectivity index (χ0v) is 18.7. The molecule has 1 aliphatic rings. The fourth-order valence-electron chi connectivity index (χ4n) is 4.38. The van der Waals surface area contributed by atoms with E-state index in [1.807, 2.05) is 22.8 Å². The number of imidazole rings is 1. The van der Waals surface area contributed by atoms with Gasteiger partial charge in [-0.15, -0.1) is 6.42 Å². The van der Waals surface area contributed by atoms with Gasteiger partial charge in [-0.2, -0.15) is 0 Å². The Bertz CT molecular complexity index is 1180. The summed E-state index contributed by atoms with van der Waals surface area (Å²) in [4.78, 5) is 13.8. The van der Waals surface area contributed by atoms with Crippen molar-refractivity contribution in [1.82, 2.24) is 19.5 Å². The molecule has 0 bridgehead atoms. The molecule has 2 heterocycles. The van der Waals surface area contributed by atoms with Crippen molar-refractivity contribution in [3.63, 3.8) is 0 Å². The predicted octanol–water partition coefficient (Wildman–Crippen LogP) is 3.80. The van der Waals surface area contributed by atoms with Crippen molar-refractivity contribution in [1.29, 1.82) is 0 Å². The topological polar surface area (TPSA) is 75.9 Å². The number of nitrogens with zero attached hydrogens (tertiary/aromatic N) is 4. The molecule has 4 rings (SSSR count). The molecule has 2 aromatic heterocycles. The second kappa shape index (κ2) is 9.42. The number of nitrogens with one attached hydrogen (secondary N) is 1. The third-order valence-corrected chi connectivity index (χ3v) is 5.87. The molecule has 1 saturated carbocycles. The average molecular weight is 428 g/mol. The monoisotopic (exact) mass is 427 g/mol. The van der Waals surface area contributed by atoms with Gasteiger partial charge in [0.1, 0.15) is 5.60 Å². The summed E-state index contributed by atoms with van der Waals surface area (Å²) in [6.07, 6.45) is 11.5. The van der Waals surface area contributed by atoms with Gasteiger partial charge in [-0.1, -0.05) is 55.5 Å². The van der Waals surface area contributed by atoms with Gasteiger partial charge in [-0.25, -0.2) is 15.0 Å². The number of benzene rings is 1. The molecule has 6 heteroatoms. The average Bonchev–Trinajstić information content (AvgIpc) is 3.16. The molecule has 1 aliphatic carbocycles. The summed E-state index contributed by atoms with van der Waals surface area (Å²) in [5, 5.41) is 14.4. The van der Waals surface area contributed by atoms with Crippen molar-refractivity contribution >= 4 is 17.0 Å². The Hall–Kier alpha value is -3.35. The molecule has 0 radical (unpaired) electrons. The first-order chi connectivity index (χ1) is 15.5. The Labute approximate surface area is 189 Å². The Morgan fingerprint density at radius 3 is 2.88 bits per heavy atom. The van der Waals surface area contributed by atoms with Crippen LogP contribution in [0.3, 0.4) is 0 Å². The Morgan fingerprint density at radius 2 is 2.12 bits per heavy atom. The van der Waals surface area contributed by atoms with E-state index in [-0.39, 0.29) is 6.04 Å². The predicted molar refractivity (Wildman–Crippen MR) is 127 cm³/mol. The third-order valence-electron chi connectivity index (χ3n) is 5.87. The zero-order valence-electron chi connectivity index (χ0n) is 18.7. The van der Waals surface area contributed by atoms with Crippen LogP contribution in [0.1, 0.15) is 50.9 Å². The van der Waals surface area contributed by atoms with E-state index >= 15 is 0 Å². The van der Waals surface area contributed by atoms with Crippen molar-refractivity contribution in [2.75, 3.05) is 5.32 Å². The van der Waals surface area contributed by atoms with E-state index in [0.29, 0.717) is 48.1 Å². The van der Waals surface area contributed by atoms with E-state index in [1.54, 1.807) is 6.33 Å². The van der Waals surface area contributed by atoms with Crippen LogP contribution >= 0.6 is 0 Å². The lowest BCUT2D eigenvalue weighted by atomic mass is 9.79. The minimum Gasteiger partial charge on any atom is -0.378 e. The van der Waals surface area contributed by atoms with Crippen LogP contribution in [0.25, 0.3) is 11.2 Å². The van der Waals surface area contributed by atoms with Gasteiger partial charge in [0, 0.05) is 6.04 Å². The number of rotatable bonds is 5. The highest BCUT2D eigenvalue weighted by Gasteiger charge is 2.30. The second-order valence-electron chi connectivity index (χ2n) is 8.86. The number of anilines is 1. The summed E-state index contributed by atoms with van der Waals surface area (Å²) >= 11 is 0. The smallest absolute Gasteiger partial charge is 0.209 e. The molecule has 164 valence electrons. The van der Waals surface area contributed by atoms with Crippen LogP contribution in [-0.2, 0) is 13.0 Å². The molecule has 6 nitrogen and oxygen atoms in total. The molecule has 0 saturated heterocycles. The van der Waals surface area contributed by atoms with Gasteiger partial charge in [-0.05, 0) is 50.0 Å². The molecular formula is C26H29N5O. The highest BCUT2D eigenvalue weighted by molar-refractivity contribution is 5.83. The summed E-state index contributed by atoms with van der Waals surface area (Å²) in [6, 6.07) is 10.4. The standard InChI is InChI=1S/C26H29N5O/c1-4-15-31-18-27-23-24(28-20(3)16-21-10-6-5-7-11-21)29-22(30-25(23)31)12-14-26(32)13-8-9-19(2)17-26/h1,5-7,10-11,18-20,32H,8-9,13,15-17H2,2-3H3,(H,28,29,30). The maximum Gasteiger partial charge on any atom is 0.209 e. The first-order valence-corrected chi connectivity index (χ1v) is 11.2. The highest BCUT2D eigenvalue weighted by Crippen LogP contribution is 2.31. The second-order valence-corrected chi connectivity index (χ2v) is 8.86. The molecule has 32 heavy (non-hydrogen) atoms. The normalized spacial score (nSPS) is 21.4. The fraction of sp³-hybridized carbons (Fsp3) is 0.423. The summed E-state index contributed by atoms with van der Waals surface area (Å²) in [5.41, 5.74) is 1.56. The number of hydrogen-bond acceptors (Lipinski definition) is 5. The van der Waals surface area contributed by atoms with Crippen LogP contribution in [0.2, 0.25) is 0 Å². The summed E-state index contributed by atoms with van der Waals surface area (Å²) in [6.45, 7) is 4.63. The lowest BCUT2D eigenvalue weighted by Crippen LogP contribution is -2.32. The van der Waals surface area contributed by atoms with Gasteiger partial charge in [0.2, 0.25) is 5.82 Å². The lowest BCUT2D eigenvalue weighted by Gasteiger charge is -2.30. The van der Waals surface area contributed by atoms with E-state index in [1.165, 1.54) is 5.56 Å². The molecule has 0 amide bonds. The molecular weight excluding hydrogens is 398 g/mol. The summed E-state index contributed by atoms with van der Waals surface area (Å²) in [7, 11) is 0. The van der Waals surface area contributed by atoms with Crippen LogP contribution in [0.4, 0.5) is 5.82 Å². The fourth-order valence-corrected chi connectivity index (χ4v) is 4.38. The van der Waals surface area contributed by atoms with Crippen molar-refractivity contribution in [3.05, 3.63) is 48.0 Å². The van der Waals surface area contributed by atoms with E-state index in [9.17, 15) is 5.11 Å². The van der Waals surface area contributed by atoms with Crippen LogP contribution < -0.4 is 5.32 Å². The Morgan fingerprint density at radius 1 is 1.31 bits per heavy atom. The molecule has 1 aromatic carbocycles. The van der Waals surface area contributed by atoms with Gasteiger partial charge in [0.25, 0.3) is 0 Å². The number of terminal acetylenes is 1. The molecule has 3 aromatic rings. The first kappa shape index (κ1) is 21.9. The van der Waals surface area contributed by atoms with Gasteiger partial charge in [0.05, 0.1) is 12.9 Å². The lowest BCUT2D eigenvalue weighted by molar-refractivity contribution is 0.0410. The summed E-state index contributed by atoms with van der Waals surface area (Å²) in [5.74, 6) is 10.2. The van der Waals surface area contributed by atoms with Gasteiger partial charge < -0.3 is 15.0 Å². The molecule has 3 unspecified atom stereocenters. The zero-order chi connectivity index (χ0) is 22.6. The summed E-state index contributed by atoms with van der Waals surface area (Å²) < 4.78 is 1.81. The van der Waals surface area contributed by atoms with Crippen LogP contribution in [-0.4, -0.2) is 36.3 Å². The number of hydrogen-bond donors (Lipinski definition) is 2. The van der Waals surface area contributed by atoms with E-state index in [0.717, 1.165) is 19.3 Å². The highest BCUT2D eigenvalue weighted by atomic mass is 16.3. The van der Waals surface area contributed by atoms with Gasteiger partial charge in [-0.3, -0.25) is 0 Å². The minimum atomic E-state index is -0.983. The molecule has 0 aliphatic heterocycles. The minimum absolute atomic E-state index is 0.123. The quantitative estimate of drug-likeness (QED) is 0.606. The van der Waals surface area contributed by atoms with Crippen molar-refractivity contribution in [3.8, 4) is 24.2 Å². The van der Waals surface area contributed by atoms with Gasteiger partial charge in [0.15, 0.2) is 17.0 Å². The van der Waals surface area contributed by atoms with Crippen molar-refractivity contribution < 1.29 is 5.11 Å². The maximum absolute atomic E-state index is 10.9. The van der Waals surface area contributed by atoms with Gasteiger partial charge >= 0.3 is 0 Å². The molecule has 2 N–H and O–H groups in total. The molecule has 3 atom stereocenters. The van der Waals surface area contributed by atoms with E-state index in [2.05, 4.69) is 64.0 Å². The number of aliphatic hydroxyl groups is 1.